The number of carbonyl (C=O) groups is 1. The fourth-order valence-electron chi connectivity index (χ4n) is 2.92. The molecule has 0 aliphatic carbocycles. The van der Waals surface area contributed by atoms with Crippen LogP contribution < -0.4 is 0 Å². The maximum atomic E-state index is 10.9. The van der Waals surface area contributed by atoms with E-state index in [-0.39, 0.29) is 0 Å². The van der Waals surface area contributed by atoms with Gasteiger partial charge in [0.1, 0.15) is 12.0 Å². The van der Waals surface area contributed by atoms with E-state index in [1.54, 1.807) is 0 Å². The normalized spacial score (nSPS) is 10.8. The quantitative estimate of drug-likeness (QED) is 0.601. The van der Waals surface area contributed by atoms with Crippen LogP contribution in [-0.4, -0.2) is 16.1 Å². The summed E-state index contributed by atoms with van der Waals surface area (Å²) in [5.74, 6) is 0. The van der Waals surface area contributed by atoms with Crippen LogP contribution in [0.3, 0.4) is 0 Å². The Bertz CT molecular complexity index is 849. The molecule has 0 aliphatic heterocycles. The summed E-state index contributed by atoms with van der Waals surface area (Å²) in [5.41, 5.74) is 6.04. The topological polar surface area (TPSA) is 34.9 Å². The fraction of sp³-hybridized carbons (Fsp3) is 0.200. The molecular formula is C20H19ClN2O. The molecule has 3 nitrogen and oxygen atoms in total. The number of rotatable bonds is 5. The van der Waals surface area contributed by atoms with Crippen molar-refractivity contribution in [1.82, 2.24) is 9.78 Å². The molecule has 0 unspecified atom stereocenters. The third kappa shape index (κ3) is 3.13. The Morgan fingerprint density at radius 3 is 2.25 bits per heavy atom. The summed E-state index contributed by atoms with van der Waals surface area (Å²) in [5, 5.41) is 5.46. The molecule has 122 valence electrons. The van der Waals surface area contributed by atoms with Gasteiger partial charge in [-0.1, -0.05) is 61.3 Å². The van der Waals surface area contributed by atoms with Crippen molar-refractivity contribution >= 4 is 17.9 Å². The maximum absolute atomic E-state index is 10.9. The van der Waals surface area contributed by atoms with E-state index in [1.165, 1.54) is 5.69 Å². The van der Waals surface area contributed by atoms with Gasteiger partial charge in [0.2, 0.25) is 0 Å². The van der Waals surface area contributed by atoms with E-state index in [2.05, 4.69) is 6.92 Å². The standard InChI is InChI=1S/C20H19ClN2O/c1-3-4-18-19(15-7-5-14(13-24)6-8-15)20(22-23(18)2)16-9-11-17(21)12-10-16/h5-13H,3-4H2,1-2H3. The van der Waals surface area contributed by atoms with E-state index >= 15 is 0 Å². The van der Waals surface area contributed by atoms with Crippen molar-refractivity contribution in [1.29, 1.82) is 0 Å². The highest BCUT2D eigenvalue weighted by atomic mass is 35.5. The summed E-state index contributed by atoms with van der Waals surface area (Å²) in [6.45, 7) is 2.16. The van der Waals surface area contributed by atoms with Gasteiger partial charge in [0.25, 0.3) is 0 Å². The molecule has 0 radical (unpaired) electrons. The van der Waals surface area contributed by atoms with E-state index < -0.39 is 0 Å². The molecule has 0 saturated heterocycles. The number of aromatic nitrogens is 2. The Hall–Kier alpha value is -2.39. The molecule has 24 heavy (non-hydrogen) atoms. The van der Waals surface area contributed by atoms with Gasteiger partial charge in [-0.25, -0.2) is 0 Å². The highest BCUT2D eigenvalue weighted by molar-refractivity contribution is 6.30. The zero-order valence-corrected chi connectivity index (χ0v) is 14.5. The van der Waals surface area contributed by atoms with Gasteiger partial charge in [-0.05, 0) is 24.1 Å². The molecule has 0 amide bonds. The number of halogens is 1. The molecule has 4 heteroatoms. The molecule has 0 aliphatic rings. The number of benzene rings is 2. The Kier molecular flexibility index (Phi) is 4.81. The SMILES string of the molecule is CCCc1c(-c2ccc(C=O)cc2)c(-c2ccc(Cl)cc2)nn1C. The largest absolute Gasteiger partial charge is 0.298 e. The summed E-state index contributed by atoms with van der Waals surface area (Å²) >= 11 is 6.02. The van der Waals surface area contributed by atoms with Crippen LogP contribution in [0.2, 0.25) is 5.02 Å². The molecular weight excluding hydrogens is 320 g/mol. The fourth-order valence-corrected chi connectivity index (χ4v) is 3.05. The van der Waals surface area contributed by atoms with Crippen LogP contribution in [0.4, 0.5) is 0 Å². The van der Waals surface area contributed by atoms with Gasteiger partial charge in [-0.15, -0.1) is 0 Å². The summed E-state index contributed by atoms with van der Waals surface area (Å²) < 4.78 is 1.95. The summed E-state index contributed by atoms with van der Waals surface area (Å²) in [7, 11) is 1.98. The molecule has 0 saturated carbocycles. The molecule has 3 aromatic rings. The first-order chi connectivity index (χ1) is 11.6. The summed E-state index contributed by atoms with van der Waals surface area (Å²) in [6, 6.07) is 15.4. The number of nitrogens with zero attached hydrogens (tertiary/aromatic N) is 2. The van der Waals surface area contributed by atoms with Crippen LogP contribution in [-0.2, 0) is 13.5 Å². The molecule has 0 fully saturated rings. The minimum atomic E-state index is 0.674. The Labute approximate surface area is 146 Å². The summed E-state index contributed by atoms with van der Waals surface area (Å²) in [6.07, 6.45) is 2.85. The Morgan fingerprint density at radius 1 is 1.04 bits per heavy atom. The molecule has 0 bridgehead atoms. The highest BCUT2D eigenvalue weighted by Gasteiger charge is 2.18. The molecule has 0 spiro atoms. The number of hydrogen-bond acceptors (Lipinski definition) is 2. The highest BCUT2D eigenvalue weighted by Crippen LogP contribution is 2.35. The van der Waals surface area contributed by atoms with Gasteiger partial charge in [0.05, 0.1) is 0 Å². The first-order valence-electron chi connectivity index (χ1n) is 8.01. The number of aldehydes is 1. The van der Waals surface area contributed by atoms with E-state index in [1.807, 2.05) is 60.3 Å². The van der Waals surface area contributed by atoms with Crippen molar-refractivity contribution < 1.29 is 4.79 Å². The predicted octanol–water partition coefficient (Wildman–Crippen LogP) is 5.17. The van der Waals surface area contributed by atoms with Gasteiger partial charge in [0.15, 0.2) is 0 Å². The lowest BCUT2D eigenvalue weighted by atomic mass is 9.96. The molecule has 0 N–H and O–H groups in total. The van der Waals surface area contributed by atoms with Crippen LogP contribution in [0.5, 0.6) is 0 Å². The second kappa shape index (κ2) is 7.02. The average Bonchev–Trinajstić information content (AvgIpc) is 2.93. The van der Waals surface area contributed by atoms with E-state index in [4.69, 9.17) is 16.7 Å². The van der Waals surface area contributed by atoms with Crippen molar-refractivity contribution in [2.75, 3.05) is 0 Å². The smallest absolute Gasteiger partial charge is 0.150 e. The average molecular weight is 339 g/mol. The van der Waals surface area contributed by atoms with Gasteiger partial charge in [-0.2, -0.15) is 5.10 Å². The van der Waals surface area contributed by atoms with E-state index in [0.29, 0.717) is 10.6 Å². The molecule has 2 aromatic carbocycles. The molecule has 1 heterocycles. The minimum Gasteiger partial charge on any atom is -0.298 e. The zero-order chi connectivity index (χ0) is 17.1. The Morgan fingerprint density at radius 2 is 1.67 bits per heavy atom. The second-order valence-corrected chi connectivity index (χ2v) is 6.23. The zero-order valence-electron chi connectivity index (χ0n) is 13.8. The van der Waals surface area contributed by atoms with E-state index in [9.17, 15) is 4.79 Å². The third-order valence-corrected chi connectivity index (χ3v) is 4.36. The first-order valence-corrected chi connectivity index (χ1v) is 8.39. The van der Waals surface area contributed by atoms with Gasteiger partial charge < -0.3 is 0 Å². The van der Waals surface area contributed by atoms with Crippen LogP contribution >= 0.6 is 11.6 Å². The van der Waals surface area contributed by atoms with Crippen molar-refractivity contribution in [3.05, 3.63) is 64.8 Å². The van der Waals surface area contributed by atoms with Crippen LogP contribution in [0.1, 0.15) is 29.4 Å². The Balaban J connectivity index is 2.19. The van der Waals surface area contributed by atoms with Crippen molar-refractivity contribution in [3.63, 3.8) is 0 Å². The van der Waals surface area contributed by atoms with Crippen molar-refractivity contribution in [3.8, 4) is 22.4 Å². The molecule has 1 aromatic heterocycles. The lowest BCUT2D eigenvalue weighted by molar-refractivity contribution is 0.112. The minimum absolute atomic E-state index is 0.674. The van der Waals surface area contributed by atoms with Crippen LogP contribution in [0.15, 0.2) is 48.5 Å². The second-order valence-electron chi connectivity index (χ2n) is 5.79. The van der Waals surface area contributed by atoms with Crippen molar-refractivity contribution in [2.45, 2.75) is 19.8 Å². The maximum Gasteiger partial charge on any atom is 0.150 e. The third-order valence-electron chi connectivity index (χ3n) is 4.11. The van der Waals surface area contributed by atoms with Crippen LogP contribution in [0, 0.1) is 0 Å². The number of aryl methyl sites for hydroxylation is 1. The lowest BCUT2D eigenvalue weighted by Crippen LogP contribution is -1.98. The lowest BCUT2D eigenvalue weighted by Gasteiger charge is -2.08. The first kappa shape index (κ1) is 16.5. The van der Waals surface area contributed by atoms with Gasteiger partial charge >= 0.3 is 0 Å². The number of carbonyl (C=O) groups excluding carboxylic acids is 1. The van der Waals surface area contributed by atoms with Gasteiger partial charge in [0, 0.05) is 34.5 Å². The number of hydrogen-bond donors (Lipinski definition) is 0. The molecule has 3 rings (SSSR count). The van der Waals surface area contributed by atoms with Crippen LogP contribution in [0.25, 0.3) is 22.4 Å². The molecule has 0 atom stereocenters. The van der Waals surface area contributed by atoms with Gasteiger partial charge in [-0.3, -0.25) is 9.48 Å². The summed E-state index contributed by atoms with van der Waals surface area (Å²) in [4.78, 5) is 10.9. The monoisotopic (exact) mass is 338 g/mol. The van der Waals surface area contributed by atoms with E-state index in [0.717, 1.165) is 41.5 Å². The van der Waals surface area contributed by atoms with Crippen molar-refractivity contribution in [2.24, 2.45) is 7.05 Å². The predicted molar refractivity (Wildman–Crippen MR) is 98.5 cm³/mol.